The number of rotatable bonds is 2. The van der Waals surface area contributed by atoms with Gasteiger partial charge in [0.2, 0.25) is 0 Å². The Labute approximate surface area is 119 Å². The van der Waals surface area contributed by atoms with Gasteiger partial charge in [0.1, 0.15) is 0 Å². The van der Waals surface area contributed by atoms with Crippen molar-refractivity contribution in [1.29, 1.82) is 0 Å². The number of hydrogen-bond donors (Lipinski definition) is 0. The van der Waals surface area contributed by atoms with Crippen LogP contribution >= 0.6 is 11.3 Å². The zero-order valence-electron chi connectivity index (χ0n) is 10.5. The second kappa shape index (κ2) is 4.54. The molecule has 0 aliphatic carbocycles. The van der Waals surface area contributed by atoms with Gasteiger partial charge in [-0.2, -0.15) is 5.10 Å². The Morgan fingerprint density at radius 1 is 1.00 bits per heavy atom. The maximum atomic E-state index is 4.49. The minimum Gasteiger partial charge on any atom is -0.265 e. The molecule has 4 aromatic rings. The van der Waals surface area contributed by atoms with Gasteiger partial charge >= 0.3 is 0 Å². The molecule has 0 aliphatic heterocycles. The van der Waals surface area contributed by atoms with E-state index in [0.29, 0.717) is 0 Å². The van der Waals surface area contributed by atoms with Gasteiger partial charge < -0.3 is 0 Å². The van der Waals surface area contributed by atoms with Crippen LogP contribution in [0.5, 0.6) is 0 Å². The summed E-state index contributed by atoms with van der Waals surface area (Å²) in [5.41, 5.74) is 4.03. The molecule has 0 amide bonds. The largest absolute Gasteiger partial charge is 0.265 e. The molecule has 0 aliphatic rings. The third kappa shape index (κ3) is 1.71. The van der Waals surface area contributed by atoms with Gasteiger partial charge in [0.15, 0.2) is 5.65 Å². The first-order valence-electron chi connectivity index (χ1n) is 6.20. The van der Waals surface area contributed by atoms with Crippen LogP contribution in [0.1, 0.15) is 0 Å². The highest BCUT2D eigenvalue weighted by Crippen LogP contribution is 2.29. The standard InChI is InChI=1S/C15H10N4S/c1-2-14(20-9-1)12-10-18-19-13(5-8-17-15(12)19)11-3-6-16-7-4-11/h1-10H. The summed E-state index contributed by atoms with van der Waals surface area (Å²) in [5, 5.41) is 6.55. The zero-order valence-corrected chi connectivity index (χ0v) is 11.3. The van der Waals surface area contributed by atoms with Crippen LogP contribution in [-0.2, 0) is 0 Å². The van der Waals surface area contributed by atoms with Crippen molar-refractivity contribution in [3.63, 3.8) is 0 Å². The van der Waals surface area contributed by atoms with Gasteiger partial charge in [-0.1, -0.05) is 6.07 Å². The summed E-state index contributed by atoms with van der Waals surface area (Å²) in [6.07, 6.45) is 7.26. The Kier molecular flexibility index (Phi) is 2.57. The molecular weight excluding hydrogens is 268 g/mol. The van der Waals surface area contributed by atoms with E-state index < -0.39 is 0 Å². The van der Waals surface area contributed by atoms with Crippen molar-refractivity contribution in [3.8, 4) is 21.7 Å². The van der Waals surface area contributed by atoms with Crippen LogP contribution in [-0.4, -0.2) is 19.6 Å². The molecule has 4 rings (SSSR count). The SMILES string of the molecule is c1csc(-c2cnn3c(-c4ccncc4)ccnc23)c1. The number of thiophene rings is 1. The first-order valence-corrected chi connectivity index (χ1v) is 7.08. The van der Waals surface area contributed by atoms with Gasteiger partial charge in [-0.3, -0.25) is 4.98 Å². The molecule has 0 atom stereocenters. The number of hydrogen-bond acceptors (Lipinski definition) is 4. The maximum absolute atomic E-state index is 4.49. The number of nitrogens with zero attached hydrogens (tertiary/aromatic N) is 4. The Hall–Kier alpha value is -2.53. The smallest absolute Gasteiger partial charge is 0.164 e. The summed E-state index contributed by atoms with van der Waals surface area (Å²) in [7, 11) is 0. The molecule has 5 heteroatoms. The zero-order chi connectivity index (χ0) is 13.4. The first-order chi connectivity index (χ1) is 9.93. The normalized spacial score (nSPS) is 11.0. The highest BCUT2D eigenvalue weighted by atomic mass is 32.1. The molecule has 4 heterocycles. The van der Waals surface area contributed by atoms with E-state index in [0.717, 1.165) is 22.5 Å². The summed E-state index contributed by atoms with van der Waals surface area (Å²) in [6.45, 7) is 0. The highest BCUT2D eigenvalue weighted by molar-refractivity contribution is 7.13. The highest BCUT2D eigenvalue weighted by Gasteiger charge is 2.11. The fourth-order valence-electron chi connectivity index (χ4n) is 2.24. The fraction of sp³-hybridized carbons (Fsp3) is 0. The second-order valence-corrected chi connectivity index (χ2v) is 5.28. The molecule has 0 aromatic carbocycles. The molecule has 0 saturated carbocycles. The summed E-state index contributed by atoms with van der Waals surface area (Å²) >= 11 is 1.69. The molecular formula is C15H10N4S. The predicted molar refractivity (Wildman–Crippen MR) is 79.5 cm³/mol. The molecule has 96 valence electrons. The van der Waals surface area contributed by atoms with Crippen molar-refractivity contribution in [3.05, 3.63) is 60.5 Å². The summed E-state index contributed by atoms with van der Waals surface area (Å²) < 4.78 is 1.88. The molecule has 4 nitrogen and oxygen atoms in total. The minimum absolute atomic E-state index is 0.877. The molecule has 0 fully saturated rings. The number of pyridine rings is 1. The average Bonchev–Trinajstić information content (AvgIpc) is 3.16. The van der Waals surface area contributed by atoms with Gasteiger partial charge in [-0.25, -0.2) is 9.50 Å². The van der Waals surface area contributed by atoms with E-state index in [2.05, 4.69) is 26.5 Å². The van der Waals surface area contributed by atoms with Gasteiger partial charge in [0.05, 0.1) is 17.5 Å². The van der Waals surface area contributed by atoms with Crippen LogP contribution in [0.15, 0.2) is 60.5 Å². The third-order valence-electron chi connectivity index (χ3n) is 3.16. The Morgan fingerprint density at radius 2 is 1.90 bits per heavy atom. The van der Waals surface area contributed by atoms with Crippen LogP contribution in [0.3, 0.4) is 0 Å². The van der Waals surface area contributed by atoms with Crippen molar-refractivity contribution in [2.75, 3.05) is 0 Å². The summed E-state index contributed by atoms with van der Waals surface area (Å²) in [6, 6.07) is 10.0. The van der Waals surface area contributed by atoms with Crippen molar-refractivity contribution >= 4 is 17.0 Å². The summed E-state index contributed by atoms with van der Waals surface area (Å²) in [4.78, 5) is 9.71. The molecule has 0 radical (unpaired) electrons. The van der Waals surface area contributed by atoms with Crippen LogP contribution in [0.4, 0.5) is 0 Å². The van der Waals surface area contributed by atoms with Crippen LogP contribution in [0.2, 0.25) is 0 Å². The minimum atomic E-state index is 0.877. The molecule has 0 bridgehead atoms. The Bertz CT molecular complexity index is 850. The van der Waals surface area contributed by atoms with Gasteiger partial charge in [-0.15, -0.1) is 11.3 Å². The molecule has 0 N–H and O–H groups in total. The maximum Gasteiger partial charge on any atom is 0.164 e. The molecule has 20 heavy (non-hydrogen) atoms. The van der Waals surface area contributed by atoms with E-state index >= 15 is 0 Å². The van der Waals surface area contributed by atoms with Crippen LogP contribution in [0.25, 0.3) is 27.3 Å². The second-order valence-electron chi connectivity index (χ2n) is 4.34. The third-order valence-corrected chi connectivity index (χ3v) is 4.07. The van der Waals surface area contributed by atoms with Crippen LogP contribution in [0, 0.1) is 0 Å². The van der Waals surface area contributed by atoms with E-state index in [9.17, 15) is 0 Å². The van der Waals surface area contributed by atoms with E-state index in [1.54, 1.807) is 23.7 Å². The predicted octanol–water partition coefficient (Wildman–Crippen LogP) is 3.52. The quantitative estimate of drug-likeness (QED) is 0.563. The van der Waals surface area contributed by atoms with Gasteiger partial charge in [0, 0.05) is 29.0 Å². The topological polar surface area (TPSA) is 43.1 Å². The Balaban J connectivity index is 1.97. The van der Waals surface area contributed by atoms with E-state index in [1.807, 2.05) is 41.2 Å². The number of aromatic nitrogens is 4. The van der Waals surface area contributed by atoms with Crippen molar-refractivity contribution in [1.82, 2.24) is 19.6 Å². The lowest BCUT2D eigenvalue weighted by Crippen LogP contribution is -1.95. The van der Waals surface area contributed by atoms with E-state index in [4.69, 9.17) is 0 Å². The van der Waals surface area contributed by atoms with Gasteiger partial charge in [0.25, 0.3) is 0 Å². The van der Waals surface area contributed by atoms with E-state index in [1.165, 1.54) is 4.88 Å². The van der Waals surface area contributed by atoms with Crippen molar-refractivity contribution < 1.29 is 0 Å². The fourth-order valence-corrected chi connectivity index (χ4v) is 2.97. The average molecular weight is 278 g/mol. The van der Waals surface area contributed by atoms with Crippen molar-refractivity contribution in [2.24, 2.45) is 0 Å². The molecule has 4 aromatic heterocycles. The molecule has 0 saturated heterocycles. The summed E-state index contributed by atoms with van der Waals surface area (Å²) in [5.74, 6) is 0. The lowest BCUT2D eigenvalue weighted by atomic mass is 10.2. The first kappa shape index (κ1) is 11.3. The van der Waals surface area contributed by atoms with Crippen molar-refractivity contribution in [2.45, 2.75) is 0 Å². The molecule has 0 spiro atoms. The van der Waals surface area contributed by atoms with Gasteiger partial charge in [-0.05, 0) is 29.6 Å². The van der Waals surface area contributed by atoms with Crippen LogP contribution < -0.4 is 0 Å². The van der Waals surface area contributed by atoms with E-state index in [-0.39, 0.29) is 0 Å². The lowest BCUT2D eigenvalue weighted by Gasteiger charge is -2.04. The Morgan fingerprint density at radius 3 is 2.70 bits per heavy atom. The number of fused-ring (bicyclic) bond motifs is 1. The lowest BCUT2D eigenvalue weighted by molar-refractivity contribution is 0.947. The molecule has 0 unspecified atom stereocenters. The monoisotopic (exact) mass is 278 g/mol.